The number of aromatic hydroxyl groups is 1. The molecule has 8 nitrogen and oxygen atoms in total. The topological polar surface area (TPSA) is 111 Å². The molecular formula is C23H22N2O6. The Morgan fingerprint density at radius 1 is 1.10 bits per heavy atom. The summed E-state index contributed by atoms with van der Waals surface area (Å²) in [4.78, 5) is 39.2. The van der Waals surface area contributed by atoms with Crippen LogP contribution in [0.3, 0.4) is 0 Å². The van der Waals surface area contributed by atoms with Gasteiger partial charge in [0.1, 0.15) is 17.1 Å². The average molecular weight is 422 g/mol. The van der Waals surface area contributed by atoms with E-state index in [9.17, 15) is 19.5 Å². The molecule has 0 radical (unpaired) electrons. The van der Waals surface area contributed by atoms with Crippen LogP contribution >= 0.6 is 0 Å². The van der Waals surface area contributed by atoms with Crippen molar-refractivity contribution in [1.82, 2.24) is 9.55 Å². The van der Waals surface area contributed by atoms with Crippen LogP contribution in [0, 0.1) is 0 Å². The predicted molar refractivity (Wildman–Crippen MR) is 116 cm³/mol. The van der Waals surface area contributed by atoms with Crippen molar-refractivity contribution >= 4 is 11.9 Å². The van der Waals surface area contributed by atoms with E-state index in [4.69, 9.17) is 9.47 Å². The number of H-pyrrole nitrogens is 1. The second-order valence-corrected chi connectivity index (χ2v) is 6.65. The van der Waals surface area contributed by atoms with Gasteiger partial charge in [0, 0.05) is 12.1 Å². The number of aromatic amines is 1. The van der Waals surface area contributed by atoms with Gasteiger partial charge in [0.15, 0.2) is 5.78 Å². The summed E-state index contributed by atoms with van der Waals surface area (Å²) in [5.74, 6) is -0.368. The second kappa shape index (κ2) is 9.62. The van der Waals surface area contributed by atoms with Crippen molar-refractivity contribution < 1.29 is 19.4 Å². The quantitative estimate of drug-likeness (QED) is 0.426. The largest absolute Gasteiger partial charge is 0.497 e. The molecule has 0 spiro atoms. The molecule has 31 heavy (non-hydrogen) atoms. The van der Waals surface area contributed by atoms with Gasteiger partial charge in [0.05, 0.1) is 14.2 Å². The zero-order chi connectivity index (χ0) is 22.4. The first kappa shape index (κ1) is 21.6. The fourth-order valence-electron chi connectivity index (χ4n) is 3.09. The summed E-state index contributed by atoms with van der Waals surface area (Å²) < 4.78 is 11.4. The standard InChI is InChI=1S/C23H22N2O6/c1-30-17-9-11-19(31-2)16(14-17)8-10-18(26)20-21(27)24-23(29)25(22(20)28)13-12-15-6-4-3-5-7-15/h3-11,14,28H,12-13H2,1-2H3,(H,24,27,29)/b10-8+. The number of carbonyl (C=O) groups excluding carboxylic acids is 1. The van der Waals surface area contributed by atoms with Gasteiger partial charge in [-0.3, -0.25) is 19.1 Å². The molecule has 0 aliphatic rings. The number of methoxy groups -OCH3 is 2. The normalized spacial score (nSPS) is 10.9. The van der Waals surface area contributed by atoms with E-state index in [1.165, 1.54) is 20.3 Å². The Morgan fingerprint density at radius 2 is 1.84 bits per heavy atom. The molecule has 1 heterocycles. The Hall–Kier alpha value is -4.07. The maximum Gasteiger partial charge on any atom is 0.331 e. The van der Waals surface area contributed by atoms with Crippen LogP contribution in [-0.2, 0) is 13.0 Å². The molecule has 0 fully saturated rings. The maximum atomic E-state index is 12.7. The Bertz CT molecular complexity index is 1230. The van der Waals surface area contributed by atoms with E-state index in [-0.39, 0.29) is 6.54 Å². The van der Waals surface area contributed by atoms with E-state index in [1.54, 1.807) is 18.2 Å². The van der Waals surface area contributed by atoms with Crippen LogP contribution in [0.25, 0.3) is 6.08 Å². The van der Waals surface area contributed by atoms with Crippen molar-refractivity contribution in [2.45, 2.75) is 13.0 Å². The lowest BCUT2D eigenvalue weighted by atomic mass is 10.1. The number of nitrogens with zero attached hydrogens (tertiary/aromatic N) is 1. The van der Waals surface area contributed by atoms with Crippen LogP contribution in [0.4, 0.5) is 0 Å². The first-order valence-electron chi connectivity index (χ1n) is 9.49. The molecule has 0 amide bonds. The van der Waals surface area contributed by atoms with Gasteiger partial charge in [0.25, 0.3) is 5.56 Å². The van der Waals surface area contributed by atoms with Gasteiger partial charge >= 0.3 is 5.69 Å². The van der Waals surface area contributed by atoms with Crippen LogP contribution in [0.2, 0.25) is 0 Å². The Labute approximate surface area is 178 Å². The minimum atomic E-state index is -0.953. The Kier molecular flexibility index (Phi) is 6.71. The highest BCUT2D eigenvalue weighted by Gasteiger charge is 2.19. The maximum absolute atomic E-state index is 12.7. The van der Waals surface area contributed by atoms with Crippen LogP contribution in [-0.4, -0.2) is 34.7 Å². The van der Waals surface area contributed by atoms with E-state index in [0.717, 1.165) is 16.2 Å². The number of ketones is 1. The number of ether oxygens (including phenoxy) is 2. The second-order valence-electron chi connectivity index (χ2n) is 6.65. The summed E-state index contributed by atoms with van der Waals surface area (Å²) in [5, 5.41) is 10.5. The van der Waals surface area contributed by atoms with Crippen LogP contribution in [0.5, 0.6) is 17.4 Å². The third-order valence-electron chi connectivity index (χ3n) is 4.74. The minimum absolute atomic E-state index is 0.0964. The number of rotatable bonds is 8. The van der Waals surface area contributed by atoms with E-state index in [2.05, 4.69) is 4.98 Å². The first-order chi connectivity index (χ1) is 14.9. The summed E-state index contributed by atoms with van der Waals surface area (Å²) in [6.07, 6.45) is 3.01. The third kappa shape index (κ3) is 4.92. The van der Waals surface area contributed by atoms with E-state index >= 15 is 0 Å². The molecule has 8 heteroatoms. The molecule has 1 aromatic heterocycles. The van der Waals surface area contributed by atoms with Crippen molar-refractivity contribution in [3.63, 3.8) is 0 Å². The fourth-order valence-corrected chi connectivity index (χ4v) is 3.09. The van der Waals surface area contributed by atoms with Crippen molar-refractivity contribution in [3.05, 3.63) is 92.1 Å². The molecular weight excluding hydrogens is 400 g/mol. The van der Waals surface area contributed by atoms with Gasteiger partial charge in [0.2, 0.25) is 5.88 Å². The van der Waals surface area contributed by atoms with E-state index in [0.29, 0.717) is 23.5 Å². The number of nitrogens with one attached hydrogen (secondary N) is 1. The van der Waals surface area contributed by atoms with Crippen molar-refractivity contribution in [2.24, 2.45) is 0 Å². The van der Waals surface area contributed by atoms with Gasteiger partial charge in [-0.1, -0.05) is 30.3 Å². The fraction of sp³-hybridized carbons (Fsp3) is 0.174. The molecule has 0 aliphatic carbocycles. The predicted octanol–water partition coefficient (Wildman–Crippen LogP) is 2.40. The minimum Gasteiger partial charge on any atom is -0.497 e. The SMILES string of the molecule is COc1ccc(OC)c(/C=C/C(=O)c2c(O)n(CCc3ccccc3)c(=O)[nH]c2=O)c1. The monoisotopic (exact) mass is 422 g/mol. The number of aromatic nitrogens is 2. The van der Waals surface area contributed by atoms with Crippen LogP contribution < -0.4 is 20.7 Å². The number of aryl methyl sites for hydroxylation is 1. The van der Waals surface area contributed by atoms with Gasteiger partial charge < -0.3 is 14.6 Å². The van der Waals surface area contributed by atoms with Gasteiger partial charge in [-0.05, 0) is 42.3 Å². The van der Waals surface area contributed by atoms with Crippen LogP contribution in [0.1, 0.15) is 21.5 Å². The highest BCUT2D eigenvalue weighted by Crippen LogP contribution is 2.25. The molecule has 160 valence electrons. The smallest absolute Gasteiger partial charge is 0.331 e. The summed E-state index contributed by atoms with van der Waals surface area (Å²) in [5.41, 5.74) is -0.758. The van der Waals surface area contributed by atoms with E-state index < -0.39 is 28.5 Å². The molecule has 0 atom stereocenters. The molecule has 0 bridgehead atoms. The zero-order valence-corrected chi connectivity index (χ0v) is 17.1. The summed E-state index contributed by atoms with van der Waals surface area (Å²) in [6, 6.07) is 14.4. The molecule has 3 aromatic rings. The molecule has 0 saturated carbocycles. The van der Waals surface area contributed by atoms with Gasteiger partial charge in [-0.2, -0.15) is 0 Å². The lowest BCUT2D eigenvalue weighted by molar-refractivity contribution is 0.104. The summed E-state index contributed by atoms with van der Waals surface area (Å²) >= 11 is 0. The molecule has 2 N–H and O–H groups in total. The van der Waals surface area contributed by atoms with Gasteiger partial charge in [-0.25, -0.2) is 4.79 Å². The van der Waals surface area contributed by atoms with Crippen LogP contribution in [0.15, 0.2) is 64.2 Å². The highest BCUT2D eigenvalue weighted by atomic mass is 16.5. The number of carbonyl (C=O) groups is 1. The Balaban J connectivity index is 1.92. The molecule has 0 unspecified atom stereocenters. The summed E-state index contributed by atoms with van der Waals surface area (Å²) in [7, 11) is 3.00. The van der Waals surface area contributed by atoms with Crippen molar-refractivity contribution in [1.29, 1.82) is 0 Å². The average Bonchev–Trinajstić information content (AvgIpc) is 2.77. The lowest BCUT2D eigenvalue weighted by Gasteiger charge is -2.10. The number of benzene rings is 2. The zero-order valence-electron chi connectivity index (χ0n) is 17.1. The summed E-state index contributed by atoms with van der Waals surface area (Å²) in [6.45, 7) is 0.0964. The van der Waals surface area contributed by atoms with Crippen molar-refractivity contribution in [3.8, 4) is 17.4 Å². The molecule has 3 rings (SSSR count). The molecule has 0 saturated heterocycles. The van der Waals surface area contributed by atoms with Gasteiger partial charge in [-0.15, -0.1) is 0 Å². The van der Waals surface area contributed by atoms with Crippen molar-refractivity contribution in [2.75, 3.05) is 14.2 Å². The number of hydrogen-bond donors (Lipinski definition) is 2. The number of hydrogen-bond acceptors (Lipinski definition) is 6. The third-order valence-corrected chi connectivity index (χ3v) is 4.74. The lowest BCUT2D eigenvalue weighted by Crippen LogP contribution is -2.34. The van der Waals surface area contributed by atoms with E-state index in [1.807, 2.05) is 30.3 Å². The Morgan fingerprint density at radius 3 is 2.52 bits per heavy atom. The molecule has 2 aromatic carbocycles. The first-order valence-corrected chi connectivity index (χ1v) is 9.49. The highest BCUT2D eigenvalue weighted by molar-refractivity contribution is 6.08. The molecule has 0 aliphatic heterocycles. The number of allylic oxidation sites excluding steroid dienone is 1.